The van der Waals surface area contributed by atoms with Gasteiger partial charge in [-0.05, 0) is 23.0 Å². The fourth-order valence-corrected chi connectivity index (χ4v) is 1.95. The normalized spacial score (nSPS) is 11.2. The van der Waals surface area contributed by atoms with Gasteiger partial charge in [-0.1, -0.05) is 61.8 Å². The number of benzene rings is 1. The first-order valence-electron chi connectivity index (χ1n) is 5.89. The molecule has 0 aliphatic carbocycles. The van der Waals surface area contributed by atoms with Gasteiger partial charge in [-0.15, -0.1) is 0 Å². The van der Waals surface area contributed by atoms with Crippen LogP contribution in [0.4, 0.5) is 0 Å². The predicted molar refractivity (Wildman–Crippen MR) is 73.9 cm³/mol. The highest BCUT2D eigenvalue weighted by atomic mass is 79.9. The minimum absolute atomic E-state index is 0.504. The Morgan fingerprint density at radius 1 is 1.06 bits per heavy atom. The van der Waals surface area contributed by atoms with E-state index < -0.39 is 0 Å². The number of para-hydroxylation sites is 1. The Bertz CT molecular complexity index is 305. The second-order valence-electron chi connectivity index (χ2n) is 4.61. The number of hydrogen-bond donors (Lipinski definition) is 0. The minimum atomic E-state index is 0.504. The second-order valence-corrected chi connectivity index (χ2v) is 5.41. The molecule has 0 N–H and O–H groups in total. The molecule has 0 spiro atoms. The van der Waals surface area contributed by atoms with Gasteiger partial charge in [-0.3, -0.25) is 0 Å². The Kier molecular flexibility index (Phi) is 5.33. The van der Waals surface area contributed by atoms with Crippen LogP contribution in [-0.2, 0) is 0 Å². The zero-order valence-corrected chi connectivity index (χ0v) is 12.2. The maximum Gasteiger partial charge on any atom is 0.126 e. The van der Waals surface area contributed by atoms with E-state index in [0.29, 0.717) is 11.8 Å². The number of hydrogen-bond acceptors (Lipinski definition) is 1. The molecule has 1 nitrogen and oxygen atoms in total. The lowest BCUT2D eigenvalue weighted by Crippen LogP contribution is -2.06. The van der Waals surface area contributed by atoms with E-state index in [4.69, 9.17) is 4.74 Å². The van der Waals surface area contributed by atoms with Crippen molar-refractivity contribution in [1.82, 2.24) is 0 Å². The third kappa shape index (κ3) is 3.24. The van der Waals surface area contributed by atoms with Crippen LogP contribution in [0.1, 0.15) is 50.7 Å². The lowest BCUT2D eigenvalue weighted by molar-refractivity contribution is 0.334. The highest BCUT2D eigenvalue weighted by Gasteiger charge is 2.14. The summed E-state index contributed by atoms with van der Waals surface area (Å²) < 4.78 is 5.89. The molecule has 0 radical (unpaired) electrons. The molecule has 90 valence electrons. The molecule has 0 unspecified atom stereocenters. The summed E-state index contributed by atoms with van der Waals surface area (Å²) in [6.07, 6.45) is 0. The highest BCUT2D eigenvalue weighted by Crippen LogP contribution is 2.34. The Balaban J connectivity index is 3.12. The van der Waals surface area contributed by atoms with E-state index >= 15 is 0 Å². The molecule has 0 saturated carbocycles. The Hall–Kier alpha value is -0.500. The summed E-state index contributed by atoms with van der Waals surface area (Å²) in [4.78, 5) is 0. The Morgan fingerprint density at radius 3 is 1.94 bits per heavy atom. The summed E-state index contributed by atoms with van der Waals surface area (Å²) >= 11 is 3.41. The lowest BCUT2D eigenvalue weighted by Gasteiger charge is -2.19. The molecule has 16 heavy (non-hydrogen) atoms. The SMILES string of the molecule is CC(C)c1cccc(C(C)C)c1OCCBr. The van der Waals surface area contributed by atoms with Crippen molar-refractivity contribution in [3.05, 3.63) is 29.3 Å². The smallest absolute Gasteiger partial charge is 0.126 e. The molecule has 0 amide bonds. The monoisotopic (exact) mass is 284 g/mol. The second kappa shape index (κ2) is 6.29. The van der Waals surface area contributed by atoms with Gasteiger partial charge in [-0.2, -0.15) is 0 Å². The molecule has 1 aromatic rings. The minimum Gasteiger partial charge on any atom is -0.492 e. The summed E-state index contributed by atoms with van der Waals surface area (Å²) in [7, 11) is 0. The summed E-state index contributed by atoms with van der Waals surface area (Å²) in [5.41, 5.74) is 2.62. The molecule has 0 aliphatic heterocycles. The summed E-state index contributed by atoms with van der Waals surface area (Å²) in [5.74, 6) is 2.10. The quantitative estimate of drug-likeness (QED) is 0.712. The van der Waals surface area contributed by atoms with Gasteiger partial charge in [-0.25, -0.2) is 0 Å². The first kappa shape index (κ1) is 13.6. The third-order valence-corrected chi connectivity index (χ3v) is 2.97. The van der Waals surface area contributed by atoms with Crippen molar-refractivity contribution in [2.75, 3.05) is 11.9 Å². The molecule has 0 atom stereocenters. The zero-order chi connectivity index (χ0) is 12.1. The molecular weight excluding hydrogens is 264 g/mol. The average Bonchev–Trinajstić information content (AvgIpc) is 2.25. The van der Waals surface area contributed by atoms with Crippen LogP contribution in [0.15, 0.2) is 18.2 Å². The number of halogens is 1. The molecule has 0 aromatic heterocycles. The topological polar surface area (TPSA) is 9.23 Å². The number of alkyl halides is 1. The van der Waals surface area contributed by atoms with Crippen LogP contribution in [0.2, 0.25) is 0 Å². The highest BCUT2D eigenvalue weighted by molar-refractivity contribution is 9.09. The maximum atomic E-state index is 5.89. The van der Waals surface area contributed by atoms with Crippen molar-refractivity contribution in [2.24, 2.45) is 0 Å². The van der Waals surface area contributed by atoms with Crippen molar-refractivity contribution >= 4 is 15.9 Å². The number of rotatable bonds is 5. The van der Waals surface area contributed by atoms with Crippen LogP contribution in [0.3, 0.4) is 0 Å². The van der Waals surface area contributed by atoms with Crippen LogP contribution >= 0.6 is 15.9 Å². The van der Waals surface area contributed by atoms with Gasteiger partial charge in [0.25, 0.3) is 0 Å². The van der Waals surface area contributed by atoms with Crippen molar-refractivity contribution in [3.8, 4) is 5.75 Å². The van der Waals surface area contributed by atoms with Crippen LogP contribution in [-0.4, -0.2) is 11.9 Å². The van der Waals surface area contributed by atoms with Gasteiger partial charge >= 0.3 is 0 Å². The number of ether oxygens (including phenoxy) is 1. The molecule has 1 rings (SSSR count). The van der Waals surface area contributed by atoms with Crippen LogP contribution in [0.5, 0.6) is 5.75 Å². The zero-order valence-electron chi connectivity index (χ0n) is 10.6. The fraction of sp³-hybridized carbons (Fsp3) is 0.571. The van der Waals surface area contributed by atoms with Crippen LogP contribution in [0, 0.1) is 0 Å². The van der Waals surface area contributed by atoms with Crippen molar-refractivity contribution < 1.29 is 4.74 Å². The fourth-order valence-electron chi connectivity index (χ4n) is 1.79. The van der Waals surface area contributed by atoms with Gasteiger partial charge in [0.2, 0.25) is 0 Å². The summed E-state index contributed by atoms with van der Waals surface area (Å²) in [6.45, 7) is 9.56. The van der Waals surface area contributed by atoms with E-state index in [9.17, 15) is 0 Å². The first-order chi connectivity index (χ1) is 7.57. The molecule has 1 aromatic carbocycles. The standard InChI is InChI=1S/C14H21BrO/c1-10(2)12-6-5-7-13(11(3)4)14(12)16-9-8-15/h5-7,10-11H,8-9H2,1-4H3. The van der Waals surface area contributed by atoms with Gasteiger partial charge < -0.3 is 4.74 Å². The molecule has 2 heteroatoms. The van der Waals surface area contributed by atoms with Gasteiger partial charge in [0.15, 0.2) is 0 Å². The van der Waals surface area contributed by atoms with E-state index in [1.165, 1.54) is 11.1 Å². The van der Waals surface area contributed by atoms with E-state index in [1.54, 1.807) is 0 Å². The largest absolute Gasteiger partial charge is 0.492 e. The molecule has 0 heterocycles. The van der Waals surface area contributed by atoms with Crippen molar-refractivity contribution in [3.63, 3.8) is 0 Å². The van der Waals surface area contributed by atoms with Crippen LogP contribution in [0.25, 0.3) is 0 Å². The van der Waals surface area contributed by atoms with Crippen LogP contribution < -0.4 is 4.74 Å². The summed E-state index contributed by atoms with van der Waals surface area (Å²) in [5, 5.41) is 0.872. The van der Waals surface area contributed by atoms with E-state index in [-0.39, 0.29) is 0 Å². The molecular formula is C14H21BrO. The Labute approximate surface area is 107 Å². The van der Waals surface area contributed by atoms with Gasteiger partial charge in [0.05, 0.1) is 6.61 Å². The lowest BCUT2D eigenvalue weighted by atomic mass is 9.94. The van der Waals surface area contributed by atoms with Crippen molar-refractivity contribution in [1.29, 1.82) is 0 Å². The third-order valence-electron chi connectivity index (χ3n) is 2.64. The molecule has 0 saturated heterocycles. The van der Waals surface area contributed by atoms with Gasteiger partial charge in [0.1, 0.15) is 5.75 Å². The molecule has 0 bridgehead atoms. The van der Waals surface area contributed by atoms with E-state index in [0.717, 1.165) is 17.7 Å². The predicted octanol–water partition coefficient (Wildman–Crippen LogP) is 4.71. The van der Waals surface area contributed by atoms with E-state index in [2.05, 4.69) is 61.8 Å². The maximum absolute atomic E-state index is 5.89. The average molecular weight is 285 g/mol. The van der Waals surface area contributed by atoms with Crippen molar-refractivity contribution in [2.45, 2.75) is 39.5 Å². The summed E-state index contributed by atoms with van der Waals surface area (Å²) in [6, 6.07) is 6.46. The van der Waals surface area contributed by atoms with E-state index in [1.807, 2.05) is 0 Å². The van der Waals surface area contributed by atoms with Gasteiger partial charge in [0, 0.05) is 5.33 Å². The first-order valence-corrected chi connectivity index (χ1v) is 7.01. The Morgan fingerprint density at radius 2 is 1.56 bits per heavy atom. The molecule has 0 fully saturated rings. The molecule has 0 aliphatic rings.